The molecule has 0 aromatic carbocycles. The SMILES string of the molecule is Cn1ncc(N2CCOC(CCNC(=O)c3cc(N)n[nH]3)C2)cc1=O. The highest BCUT2D eigenvalue weighted by Gasteiger charge is 2.21. The number of carbonyl (C=O) groups excluding carboxylic acids is 1. The van der Waals surface area contributed by atoms with Gasteiger partial charge >= 0.3 is 0 Å². The van der Waals surface area contributed by atoms with E-state index < -0.39 is 0 Å². The van der Waals surface area contributed by atoms with Gasteiger partial charge in [-0.05, 0) is 6.42 Å². The van der Waals surface area contributed by atoms with Crippen LogP contribution in [-0.2, 0) is 11.8 Å². The van der Waals surface area contributed by atoms with Gasteiger partial charge in [-0.25, -0.2) is 4.68 Å². The zero-order chi connectivity index (χ0) is 17.8. The molecule has 1 atom stereocenters. The van der Waals surface area contributed by atoms with Crippen molar-refractivity contribution in [2.75, 3.05) is 36.9 Å². The summed E-state index contributed by atoms with van der Waals surface area (Å²) in [7, 11) is 1.62. The van der Waals surface area contributed by atoms with E-state index >= 15 is 0 Å². The van der Waals surface area contributed by atoms with Gasteiger partial charge in [0.2, 0.25) is 0 Å². The summed E-state index contributed by atoms with van der Waals surface area (Å²) in [5, 5.41) is 13.1. The molecule has 0 bridgehead atoms. The van der Waals surface area contributed by atoms with Crippen molar-refractivity contribution in [3.05, 3.63) is 34.4 Å². The molecule has 2 aromatic rings. The van der Waals surface area contributed by atoms with Crippen molar-refractivity contribution >= 4 is 17.4 Å². The molecule has 10 heteroatoms. The molecule has 10 nitrogen and oxygen atoms in total. The Balaban J connectivity index is 1.50. The molecule has 1 aliphatic heterocycles. The van der Waals surface area contributed by atoms with Crippen molar-refractivity contribution in [1.82, 2.24) is 25.3 Å². The number of nitrogens with one attached hydrogen (secondary N) is 2. The van der Waals surface area contributed by atoms with Gasteiger partial charge in [0.1, 0.15) is 11.5 Å². The van der Waals surface area contributed by atoms with Crippen LogP contribution in [0.5, 0.6) is 0 Å². The highest BCUT2D eigenvalue weighted by molar-refractivity contribution is 5.92. The summed E-state index contributed by atoms with van der Waals surface area (Å²) in [6.07, 6.45) is 2.29. The van der Waals surface area contributed by atoms with Crippen molar-refractivity contribution in [3.63, 3.8) is 0 Å². The maximum absolute atomic E-state index is 11.9. The average Bonchev–Trinajstić information content (AvgIpc) is 3.04. The molecule has 25 heavy (non-hydrogen) atoms. The third-order valence-corrected chi connectivity index (χ3v) is 4.05. The number of carbonyl (C=O) groups is 1. The maximum Gasteiger partial charge on any atom is 0.269 e. The van der Waals surface area contributed by atoms with Crippen LogP contribution in [0.2, 0.25) is 0 Å². The van der Waals surface area contributed by atoms with E-state index in [2.05, 4.69) is 25.5 Å². The summed E-state index contributed by atoms with van der Waals surface area (Å²) in [5.74, 6) is 0.0200. The van der Waals surface area contributed by atoms with E-state index in [1.807, 2.05) is 0 Å². The molecular weight excluding hydrogens is 326 g/mol. The minimum absolute atomic E-state index is 0.0371. The number of amides is 1. The van der Waals surface area contributed by atoms with Gasteiger partial charge in [0, 0.05) is 38.8 Å². The predicted molar refractivity (Wildman–Crippen MR) is 91.4 cm³/mol. The first kappa shape index (κ1) is 17.0. The molecule has 0 saturated carbocycles. The number of hydrogen-bond acceptors (Lipinski definition) is 7. The average molecular weight is 347 g/mol. The normalized spacial score (nSPS) is 17.5. The summed E-state index contributed by atoms with van der Waals surface area (Å²) in [6.45, 7) is 2.36. The topological polar surface area (TPSA) is 131 Å². The van der Waals surface area contributed by atoms with Gasteiger partial charge in [0.25, 0.3) is 11.5 Å². The molecule has 1 amide bonds. The number of aromatic amines is 1. The summed E-state index contributed by atoms with van der Waals surface area (Å²) < 4.78 is 7.03. The Kier molecular flexibility index (Phi) is 4.98. The number of ether oxygens (including phenoxy) is 1. The van der Waals surface area contributed by atoms with Crippen molar-refractivity contribution in [1.29, 1.82) is 0 Å². The monoisotopic (exact) mass is 347 g/mol. The number of nitrogens with zero attached hydrogens (tertiary/aromatic N) is 4. The molecule has 0 radical (unpaired) electrons. The van der Waals surface area contributed by atoms with Crippen LogP contribution >= 0.6 is 0 Å². The molecule has 134 valence electrons. The molecule has 1 saturated heterocycles. The molecule has 1 unspecified atom stereocenters. The zero-order valence-corrected chi connectivity index (χ0v) is 13.9. The fraction of sp³-hybridized carbons (Fsp3) is 0.467. The van der Waals surface area contributed by atoms with Gasteiger partial charge in [-0.1, -0.05) is 0 Å². The second-order valence-electron chi connectivity index (χ2n) is 5.87. The van der Waals surface area contributed by atoms with Crippen LogP contribution in [-0.4, -0.2) is 58.2 Å². The Hall–Kier alpha value is -2.88. The lowest BCUT2D eigenvalue weighted by atomic mass is 10.2. The standard InChI is InChI=1S/C15H21N7O3/c1-21-14(23)6-10(8-18-21)22-4-5-25-11(9-22)2-3-17-15(24)12-7-13(16)20-19-12/h6-8,11H,2-5,9H2,1H3,(H,17,24)(H3,16,19,20). The molecule has 1 aliphatic rings. The Morgan fingerprint density at radius 3 is 3.08 bits per heavy atom. The van der Waals surface area contributed by atoms with Crippen molar-refractivity contribution in [3.8, 4) is 0 Å². The molecule has 2 aromatic heterocycles. The van der Waals surface area contributed by atoms with Crippen LogP contribution in [0.1, 0.15) is 16.9 Å². The Morgan fingerprint density at radius 2 is 2.36 bits per heavy atom. The van der Waals surface area contributed by atoms with Crippen LogP contribution in [0.4, 0.5) is 11.5 Å². The van der Waals surface area contributed by atoms with E-state index in [1.54, 1.807) is 19.3 Å². The number of nitrogens with two attached hydrogens (primary N) is 1. The molecule has 3 rings (SSSR count). The number of H-pyrrole nitrogens is 1. The zero-order valence-electron chi connectivity index (χ0n) is 13.9. The largest absolute Gasteiger partial charge is 0.382 e. The molecule has 3 heterocycles. The highest BCUT2D eigenvalue weighted by atomic mass is 16.5. The van der Waals surface area contributed by atoms with E-state index in [-0.39, 0.29) is 23.4 Å². The minimum Gasteiger partial charge on any atom is -0.382 e. The predicted octanol–water partition coefficient (Wildman–Crippen LogP) is -0.889. The van der Waals surface area contributed by atoms with Crippen molar-refractivity contribution in [2.24, 2.45) is 7.05 Å². The number of aryl methyl sites for hydroxylation is 1. The van der Waals surface area contributed by atoms with E-state index in [4.69, 9.17) is 10.5 Å². The van der Waals surface area contributed by atoms with Crippen LogP contribution in [0.25, 0.3) is 0 Å². The molecule has 4 N–H and O–H groups in total. The van der Waals surface area contributed by atoms with Gasteiger partial charge in [-0.3, -0.25) is 14.7 Å². The molecule has 1 fully saturated rings. The van der Waals surface area contributed by atoms with Crippen LogP contribution in [0.15, 0.2) is 23.1 Å². The lowest BCUT2D eigenvalue weighted by Crippen LogP contribution is -2.44. The third kappa shape index (κ3) is 4.15. The maximum atomic E-state index is 11.9. The van der Waals surface area contributed by atoms with Gasteiger partial charge in [-0.15, -0.1) is 0 Å². The first-order valence-electron chi connectivity index (χ1n) is 8.02. The van der Waals surface area contributed by atoms with E-state index in [1.165, 1.54) is 10.7 Å². The van der Waals surface area contributed by atoms with E-state index in [0.29, 0.717) is 38.4 Å². The quantitative estimate of drug-likeness (QED) is 0.639. The molecule has 0 aliphatic carbocycles. The van der Waals surface area contributed by atoms with Crippen molar-refractivity contribution < 1.29 is 9.53 Å². The Bertz CT molecular complexity index is 800. The van der Waals surface area contributed by atoms with Crippen LogP contribution in [0.3, 0.4) is 0 Å². The fourth-order valence-corrected chi connectivity index (χ4v) is 2.66. The highest BCUT2D eigenvalue weighted by Crippen LogP contribution is 2.16. The number of anilines is 2. The summed E-state index contributed by atoms with van der Waals surface area (Å²) in [6, 6.07) is 3.05. The van der Waals surface area contributed by atoms with E-state index in [9.17, 15) is 9.59 Å². The fourth-order valence-electron chi connectivity index (χ4n) is 2.66. The lowest BCUT2D eigenvalue weighted by molar-refractivity contribution is 0.0353. The number of hydrogen-bond donors (Lipinski definition) is 3. The first-order chi connectivity index (χ1) is 12.0. The molecule has 0 spiro atoms. The van der Waals surface area contributed by atoms with Gasteiger partial charge < -0.3 is 20.7 Å². The van der Waals surface area contributed by atoms with Crippen molar-refractivity contribution in [2.45, 2.75) is 12.5 Å². The van der Waals surface area contributed by atoms with Gasteiger partial charge in [-0.2, -0.15) is 10.2 Å². The second-order valence-corrected chi connectivity index (χ2v) is 5.87. The Labute approximate surface area is 144 Å². The summed E-state index contributed by atoms with van der Waals surface area (Å²) >= 11 is 0. The minimum atomic E-state index is -0.257. The number of aromatic nitrogens is 4. The van der Waals surface area contributed by atoms with Crippen LogP contribution in [0, 0.1) is 0 Å². The second kappa shape index (κ2) is 7.34. The summed E-state index contributed by atoms with van der Waals surface area (Å²) in [5.41, 5.74) is 6.44. The molecular formula is C15H21N7O3. The number of rotatable bonds is 5. The smallest absolute Gasteiger partial charge is 0.269 e. The van der Waals surface area contributed by atoms with Gasteiger partial charge in [0.05, 0.1) is 24.6 Å². The third-order valence-electron chi connectivity index (χ3n) is 4.05. The first-order valence-corrected chi connectivity index (χ1v) is 8.02. The Morgan fingerprint density at radius 1 is 1.52 bits per heavy atom. The summed E-state index contributed by atoms with van der Waals surface area (Å²) in [4.78, 5) is 25.7. The van der Waals surface area contributed by atoms with Gasteiger partial charge in [0.15, 0.2) is 0 Å². The van der Waals surface area contributed by atoms with Crippen LogP contribution < -0.4 is 21.5 Å². The lowest BCUT2D eigenvalue weighted by Gasteiger charge is -2.34. The van der Waals surface area contributed by atoms with E-state index in [0.717, 1.165) is 5.69 Å². The number of morpholine rings is 1. The number of nitrogen functional groups attached to an aromatic ring is 1.